The molecule has 1 aliphatic rings. The summed E-state index contributed by atoms with van der Waals surface area (Å²) in [5, 5.41) is 0.975. The second-order valence-corrected chi connectivity index (χ2v) is 6.13. The number of carbonyl (C=O) groups is 2. The minimum absolute atomic E-state index is 0.0347. The Bertz CT molecular complexity index is 936. The fourth-order valence-corrected chi connectivity index (χ4v) is 3.86. The molecule has 0 bridgehead atoms. The van der Waals surface area contributed by atoms with Crippen LogP contribution >= 0.6 is 0 Å². The summed E-state index contributed by atoms with van der Waals surface area (Å²) < 4.78 is 2.09. The van der Waals surface area contributed by atoms with Gasteiger partial charge in [-0.3, -0.25) is 4.79 Å². The van der Waals surface area contributed by atoms with Gasteiger partial charge in [0.25, 0.3) is 0 Å². The second-order valence-electron chi connectivity index (χ2n) is 6.13. The summed E-state index contributed by atoms with van der Waals surface area (Å²) in [5.74, 6) is 0.105. The fourth-order valence-electron chi connectivity index (χ4n) is 3.86. The highest BCUT2D eigenvalue weighted by Crippen LogP contribution is 2.38. The zero-order valence-electron chi connectivity index (χ0n) is 13.0. The molecule has 3 heteroatoms. The number of carbonyl (C=O) groups excluding carboxylic acids is 2. The number of fused-ring (bicyclic) bond motifs is 4. The molecule has 23 heavy (non-hydrogen) atoms. The second kappa shape index (κ2) is 5.20. The minimum atomic E-state index is 0.0347. The minimum Gasteiger partial charge on any atom is -0.347 e. The van der Waals surface area contributed by atoms with Gasteiger partial charge in [-0.05, 0) is 18.1 Å². The lowest BCUT2D eigenvalue weighted by Gasteiger charge is -2.15. The van der Waals surface area contributed by atoms with Crippen molar-refractivity contribution in [3.8, 4) is 0 Å². The van der Waals surface area contributed by atoms with Gasteiger partial charge < -0.3 is 9.36 Å². The molecule has 1 atom stereocenters. The maximum atomic E-state index is 13.2. The average molecular weight is 303 g/mol. The van der Waals surface area contributed by atoms with Crippen molar-refractivity contribution < 1.29 is 9.59 Å². The molecule has 0 N–H and O–H groups in total. The van der Waals surface area contributed by atoms with Crippen LogP contribution in [0.3, 0.4) is 0 Å². The Balaban J connectivity index is 2.09. The molecule has 0 amide bonds. The summed E-state index contributed by atoms with van der Waals surface area (Å²) in [7, 11) is 1.99. The Labute approximate surface area is 134 Å². The topological polar surface area (TPSA) is 39.1 Å². The van der Waals surface area contributed by atoms with E-state index in [9.17, 15) is 9.59 Å². The molecule has 2 aromatic carbocycles. The number of aryl methyl sites for hydroxylation is 1. The Morgan fingerprint density at radius 2 is 1.87 bits per heavy atom. The highest BCUT2D eigenvalue weighted by atomic mass is 16.1. The molecule has 0 aliphatic heterocycles. The maximum Gasteiger partial charge on any atom is 0.195 e. The van der Waals surface area contributed by atoms with Gasteiger partial charge in [0.05, 0.1) is 5.56 Å². The quantitative estimate of drug-likeness (QED) is 0.678. The molecule has 4 rings (SSSR count). The van der Waals surface area contributed by atoms with Crippen LogP contribution in [0, 0.1) is 0 Å². The van der Waals surface area contributed by atoms with Gasteiger partial charge in [-0.15, -0.1) is 0 Å². The lowest BCUT2D eigenvalue weighted by atomic mass is 9.93. The first-order valence-electron chi connectivity index (χ1n) is 7.86. The molecule has 0 saturated heterocycles. The van der Waals surface area contributed by atoms with Crippen LogP contribution in [0.1, 0.15) is 39.5 Å². The molecule has 1 aliphatic carbocycles. The van der Waals surface area contributed by atoms with Gasteiger partial charge in [0, 0.05) is 41.5 Å². The number of aldehydes is 1. The van der Waals surface area contributed by atoms with E-state index in [2.05, 4.69) is 4.57 Å². The third-order valence-corrected chi connectivity index (χ3v) is 4.88. The number of ketones is 1. The third-order valence-electron chi connectivity index (χ3n) is 4.88. The van der Waals surface area contributed by atoms with Crippen LogP contribution in [0.25, 0.3) is 10.9 Å². The number of benzene rings is 2. The van der Waals surface area contributed by atoms with Crippen molar-refractivity contribution in [2.75, 3.05) is 0 Å². The molecule has 0 radical (unpaired) electrons. The molecule has 1 heterocycles. The van der Waals surface area contributed by atoms with Crippen LogP contribution in [-0.2, 0) is 18.3 Å². The summed E-state index contributed by atoms with van der Waals surface area (Å²) >= 11 is 0. The highest BCUT2D eigenvalue weighted by Gasteiger charge is 2.31. The van der Waals surface area contributed by atoms with Gasteiger partial charge in [0.1, 0.15) is 6.29 Å². The summed E-state index contributed by atoms with van der Waals surface area (Å²) in [5.41, 5.74) is 4.59. The van der Waals surface area contributed by atoms with Gasteiger partial charge in [-0.1, -0.05) is 42.5 Å². The Kier molecular flexibility index (Phi) is 3.15. The van der Waals surface area contributed by atoms with E-state index in [1.54, 1.807) is 0 Å². The maximum absolute atomic E-state index is 13.2. The van der Waals surface area contributed by atoms with Crippen LogP contribution in [-0.4, -0.2) is 16.6 Å². The summed E-state index contributed by atoms with van der Waals surface area (Å²) in [6, 6.07) is 15.7. The van der Waals surface area contributed by atoms with Crippen LogP contribution in [0.5, 0.6) is 0 Å². The molecule has 0 spiro atoms. The SMILES string of the molecule is Cn1c2c(c3ccccc31)C(=O)c1ccccc1CC2CC=O. The van der Waals surface area contributed by atoms with Crippen LogP contribution in [0.15, 0.2) is 48.5 Å². The molecule has 3 aromatic rings. The van der Waals surface area contributed by atoms with E-state index in [-0.39, 0.29) is 11.7 Å². The van der Waals surface area contributed by atoms with E-state index in [4.69, 9.17) is 0 Å². The average Bonchev–Trinajstić information content (AvgIpc) is 2.80. The third kappa shape index (κ3) is 1.96. The number of aromatic nitrogens is 1. The first kappa shape index (κ1) is 13.9. The van der Waals surface area contributed by atoms with Crippen molar-refractivity contribution in [2.45, 2.75) is 18.8 Å². The summed E-state index contributed by atoms with van der Waals surface area (Å²) in [6.45, 7) is 0. The Morgan fingerprint density at radius 3 is 2.70 bits per heavy atom. The predicted molar refractivity (Wildman–Crippen MR) is 89.9 cm³/mol. The smallest absolute Gasteiger partial charge is 0.195 e. The van der Waals surface area contributed by atoms with Crippen LogP contribution < -0.4 is 0 Å². The van der Waals surface area contributed by atoms with E-state index < -0.39 is 0 Å². The van der Waals surface area contributed by atoms with Gasteiger partial charge in [-0.2, -0.15) is 0 Å². The van der Waals surface area contributed by atoms with Crippen molar-refractivity contribution in [1.29, 1.82) is 0 Å². The molecule has 3 nitrogen and oxygen atoms in total. The van der Waals surface area contributed by atoms with Crippen molar-refractivity contribution in [2.24, 2.45) is 7.05 Å². The van der Waals surface area contributed by atoms with Gasteiger partial charge >= 0.3 is 0 Å². The molecule has 0 fully saturated rings. The van der Waals surface area contributed by atoms with Gasteiger partial charge in [0.15, 0.2) is 5.78 Å². The molecule has 0 saturated carbocycles. The zero-order chi connectivity index (χ0) is 16.0. The van der Waals surface area contributed by atoms with E-state index in [1.807, 2.05) is 55.6 Å². The van der Waals surface area contributed by atoms with Gasteiger partial charge in [0.2, 0.25) is 0 Å². The Hall–Kier alpha value is -2.68. The monoisotopic (exact) mass is 303 g/mol. The lowest BCUT2D eigenvalue weighted by Crippen LogP contribution is -2.09. The van der Waals surface area contributed by atoms with E-state index in [0.29, 0.717) is 6.42 Å². The van der Waals surface area contributed by atoms with Crippen LogP contribution in [0.2, 0.25) is 0 Å². The predicted octanol–water partition coefficient (Wildman–Crippen LogP) is 3.64. The standard InChI is InChI=1S/C20H17NO2/c1-21-17-9-5-4-8-16(17)18-19(21)14(10-11-22)12-13-6-2-3-7-15(13)20(18)23/h2-9,11,14H,10,12H2,1H3. The highest BCUT2D eigenvalue weighted by molar-refractivity contribution is 6.18. The number of hydrogen-bond donors (Lipinski definition) is 0. The molecule has 114 valence electrons. The largest absolute Gasteiger partial charge is 0.347 e. The zero-order valence-corrected chi connectivity index (χ0v) is 13.0. The number of hydrogen-bond acceptors (Lipinski definition) is 2. The molecule has 1 aromatic heterocycles. The van der Waals surface area contributed by atoms with Crippen molar-refractivity contribution in [1.82, 2.24) is 4.57 Å². The van der Waals surface area contributed by atoms with E-state index in [1.165, 1.54) is 0 Å². The normalized spacial score (nSPS) is 16.7. The van der Waals surface area contributed by atoms with Crippen molar-refractivity contribution in [3.05, 3.63) is 70.9 Å². The number of rotatable bonds is 2. The molecular formula is C20H17NO2. The molecule has 1 unspecified atom stereocenters. The number of para-hydroxylation sites is 1. The van der Waals surface area contributed by atoms with Crippen molar-refractivity contribution >= 4 is 23.0 Å². The summed E-state index contributed by atoms with van der Waals surface area (Å²) in [6.07, 6.45) is 2.11. The first-order valence-corrected chi connectivity index (χ1v) is 7.86. The lowest BCUT2D eigenvalue weighted by molar-refractivity contribution is -0.108. The first-order chi connectivity index (χ1) is 11.2. The van der Waals surface area contributed by atoms with Crippen molar-refractivity contribution in [3.63, 3.8) is 0 Å². The van der Waals surface area contributed by atoms with Gasteiger partial charge in [-0.25, -0.2) is 0 Å². The Morgan fingerprint density at radius 1 is 1.13 bits per heavy atom. The van der Waals surface area contributed by atoms with Crippen LogP contribution in [0.4, 0.5) is 0 Å². The number of nitrogens with zero attached hydrogens (tertiary/aromatic N) is 1. The van der Waals surface area contributed by atoms with E-state index >= 15 is 0 Å². The van der Waals surface area contributed by atoms with E-state index in [0.717, 1.165) is 46.0 Å². The fraction of sp³-hybridized carbons (Fsp3) is 0.200. The molecular weight excluding hydrogens is 286 g/mol. The summed E-state index contributed by atoms with van der Waals surface area (Å²) in [4.78, 5) is 24.4.